The van der Waals surface area contributed by atoms with Crippen LogP contribution in [-0.4, -0.2) is 14.7 Å². The van der Waals surface area contributed by atoms with Gasteiger partial charge in [-0.2, -0.15) is 0 Å². The Morgan fingerprint density at radius 1 is 0.600 bits per heavy atom. The van der Waals surface area contributed by atoms with Crippen LogP contribution >= 0.6 is 0 Å². The van der Waals surface area contributed by atoms with Crippen LogP contribution < -0.4 is 8.70 Å². The molecule has 0 aromatic heterocycles. The fraction of sp³-hybridized carbons (Fsp3) is 0.0526. The molecule has 0 spiro atoms. The van der Waals surface area contributed by atoms with Crippen LogP contribution in [0.1, 0.15) is 5.56 Å². The Hall–Kier alpha value is -1.78. The van der Waals surface area contributed by atoms with Crippen molar-refractivity contribution >= 4 is 23.4 Å². The summed E-state index contributed by atoms with van der Waals surface area (Å²) in [4.78, 5) is 0. The summed E-state index contributed by atoms with van der Waals surface area (Å²) in [6, 6.07) is 29.0. The van der Waals surface area contributed by atoms with Gasteiger partial charge in [-0.05, 0) is 0 Å². The monoisotopic (exact) mass is 318 g/mol. The Morgan fingerprint density at radius 3 is 2.10 bits per heavy atom. The van der Waals surface area contributed by atoms with E-state index in [-0.39, 0.29) is 0 Å². The molecule has 0 saturated heterocycles. The number of benzene rings is 3. The molecule has 1 unspecified atom stereocenters. The average Bonchev–Trinajstić information content (AvgIpc) is 2.55. The van der Waals surface area contributed by atoms with Gasteiger partial charge in [-0.15, -0.1) is 0 Å². The van der Waals surface area contributed by atoms with Gasteiger partial charge in [-0.1, -0.05) is 0 Å². The summed E-state index contributed by atoms with van der Waals surface area (Å²) in [6.45, 7) is 0. The molecule has 0 bridgehead atoms. The molecule has 0 saturated carbocycles. The van der Waals surface area contributed by atoms with Gasteiger partial charge >= 0.3 is 124 Å². The quantitative estimate of drug-likeness (QED) is 0.605. The molecular weight excluding hydrogens is 303 g/mol. The van der Waals surface area contributed by atoms with Crippen molar-refractivity contribution in [2.45, 2.75) is 5.21 Å². The van der Waals surface area contributed by atoms with Crippen molar-refractivity contribution in [2.75, 3.05) is 0 Å². The molecular formula is C19H15As. The van der Waals surface area contributed by atoms with E-state index in [4.69, 9.17) is 0 Å². The number of hydrogen-bond acceptors (Lipinski definition) is 0. The molecule has 1 heteroatoms. The van der Waals surface area contributed by atoms with Gasteiger partial charge in [0.25, 0.3) is 0 Å². The molecule has 0 nitrogen and oxygen atoms in total. The summed E-state index contributed by atoms with van der Waals surface area (Å²) in [7, 11) is 0. The van der Waals surface area contributed by atoms with E-state index in [9.17, 15) is 0 Å². The molecule has 96 valence electrons. The van der Waals surface area contributed by atoms with E-state index in [1.54, 1.807) is 8.70 Å². The summed E-state index contributed by atoms with van der Waals surface area (Å²) < 4.78 is 3.16. The van der Waals surface area contributed by atoms with Gasteiger partial charge in [0.2, 0.25) is 0 Å². The number of fused-ring (bicyclic) bond motifs is 3. The van der Waals surface area contributed by atoms with Crippen LogP contribution in [0.5, 0.6) is 0 Å². The zero-order chi connectivity index (χ0) is 13.4. The Labute approximate surface area is 124 Å². The second kappa shape index (κ2) is 4.96. The van der Waals surface area contributed by atoms with Gasteiger partial charge in [0.15, 0.2) is 0 Å². The summed E-state index contributed by atoms with van der Waals surface area (Å²) in [5, 5.41) is 1.24. The zero-order valence-electron chi connectivity index (χ0n) is 11.2. The van der Waals surface area contributed by atoms with Crippen LogP contribution in [-0.2, 0) is 5.21 Å². The van der Waals surface area contributed by atoms with Crippen molar-refractivity contribution in [3.63, 3.8) is 0 Å². The third kappa shape index (κ3) is 1.92. The first-order valence-corrected chi connectivity index (χ1v) is 10.1. The third-order valence-corrected chi connectivity index (χ3v) is 9.25. The fourth-order valence-corrected chi connectivity index (χ4v) is 8.26. The van der Waals surface area contributed by atoms with E-state index in [0.29, 0.717) is 0 Å². The Morgan fingerprint density at radius 2 is 1.25 bits per heavy atom. The standard InChI is InChI=1S/C19H15As/c1-2-9-16(10-3-1)20-14-15-8-4-5-11-17(15)18-12-6-7-13-19(18)20/h1-13H,14H2. The third-order valence-electron chi connectivity index (χ3n) is 3.90. The van der Waals surface area contributed by atoms with Gasteiger partial charge in [0, 0.05) is 0 Å². The summed E-state index contributed by atoms with van der Waals surface area (Å²) in [5.74, 6) is 0. The molecule has 0 N–H and O–H groups in total. The van der Waals surface area contributed by atoms with Crippen molar-refractivity contribution in [1.29, 1.82) is 0 Å². The molecule has 0 aliphatic carbocycles. The van der Waals surface area contributed by atoms with Crippen LogP contribution in [0.4, 0.5) is 0 Å². The summed E-state index contributed by atoms with van der Waals surface area (Å²) in [6.07, 6.45) is 0. The van der Waals surface area contributed by atoms with Crippen molar-refractivity contribution in [1.82, 2.24) is 0 Å². The molecule has 0 amide bonds. The molecule has 0 fully saturated rings. The first-order valence-electron chi connectivity index (χ1n) is 6.93. The van der Waals surface area contributed by atoms with Gasteiger partial charge in [0.1, 0.15) is 0 Å². The average molecular weight is 318 g/mol. The van der Waals surface area contributed by atoms with Crippen molar-refractivity contribution < 1.29 is 0 Å². The van der Waals surface area contributed by atoms with Crippen LogP contribution in [0.15, 0.2) is 78.9 Å². The maximum atomic E-state index is 2.35. The predicted octanol–water partition coefficient (Wildman–Crippen LogP) is 3.06. The van der Waals surface area contributed by atoms with E-state index in [1.807, 2.05) is 0 Å². The van der Waals surface area contributed by atoms with Gasteiger partial charge < -0.3 is 0 Å². The van der Waals surface area contributed by atoms with Crippen LogP contribution in [0.3, 0.4) is 0 Å². The second-order valence-corrected chi connectivity index (χ2v) is 9.65. The van der Waals surface area contributed by atoms with E-state index < -0.39 is 14.7 Å². The van der Waals surface area contributed by atoms with E-state index in [1.165, 1.54) is 21.9 Å². The Bertz CT molecular complexity index is 746. The molecule has 3 aromatic carbocycles. The maximum absolute atomic E-state index is 2.35. The first kappa shape index (κ1) is 12.0. The molecule has 1 atom stereocenters. The van der Waals surface area contributed by atoms with Gasteiger partial charge in [-0.3, -0.25) is 0 Å². The predicted molar refractivity (Wildman–Crippen MR) is 87.0 cm³/mol. The van der Waals surface area contributed by atoms with Crippen LogP contribution in [0.2, 0.25) is 0 Å². The molecule has 0 radical (unpaired) electrons. The van der Waals surface area contributed by atoms with Gasteiger partial charge in [-0.25, -0.2) is 0 Å². The number of rotatable bonds is 1. The number of hydrogen-bond donors (Lipinski definition) is 0. The van der Waals surface area contributed by atoms with E-state index in [2.05, 4.69) is 78.9 Å². The van der Waals surface area contributed by atoms with Crippen LogP contribution in [0, 0.1) is 0 Å². The molecule has 20 heavy (non-hydrogen) atoms. The van der Waals surface area contributed by atoms with E-state index >= 15 is 0 Å². The van der Waals surface area contributed by atoms with Crippen LogP contribution in [0.25, 0.3) is 11.1 Å². The minimum absolute atomic E-state index is 1.20. The van der Waals surface area contributed by atoms with Crippen molar-refractivity contribution in [3.05, 3.63) is 84.4 Å². The second-order valence-electron chi connectivity index (χ2n) is 5.10. The topological polar surface area (TPSA) is 0 Å². The Kier molecular flexibility index (Phi) is 2.98. The summed E-state index contributed by atoms with van der Waals surface area (Å²) >= 11 is -1.20. The van der Waals surface area contributed by atoms with Gasteiger partial charge in [0.05, 0.1) is 0 Å². The molecule has 1 aliphatic heterocycles. The molecule has 1 aliphatic rings. The van der Waals surface area contributed by atoms with E-state index in [0.717, 1.165) is 0 Å². The van der Waals surface area contributed by atoms with Crippen molar-refractivity contribution in [2.24, 2.45) is 0 Å². The molecule has 1 heterocycles. The fourth-order valence-electron chi connectivity index (χ4n) is 2.95. The normalized spacial score (nSPS) is 16.3. The van der Waals surface area contributed by atoms with Crippen molar-refractivity contribution in [3.8, 4) is 11.1 Å². The summed E-state index contributed by atoms with van der Waals surface area (Å²) in [5.41, 5.74) is 4.41. The molecule has 4 rings (SSSR count). The zero-order valence-corrected chi connectivity index (χ0v) is 13.0. The SMILES string of the molecule is c1ccc([As]2Cc3ccccc3-c3ccccc32)cc1. The minimum atomic E-state index is -1.20. The Balaban J connectivity index is 1.93. The molecule has 3 aromatic rings. The first-order chi connectivity index (χ1) is 9.93.